The van der Waals surface area contributed by atoms with Crippen LogP contribution in [0.15, 0.2) is 30.3 Å². The van der Waals surface area contributed by atoms with Crippen LogP contribution in [0.25, 0.3) is 0 Å². The third-order valence-electron chi connectivity index (χ3n) is 2.56. The first-order valence-corrected chi connectivity index (χ1v) is 5.30. The lowest BCUT2D eigenvalue weighted by molar-refractivity contribution is -0.123. The van der Waals surface area contributed by atoms with Gasteiger partial charge in [-0.25, -0.2) is 0 Å². The van der Waals surface area contributed by atoms with Crippen molar-refractivity contribution in [3.63, 3.8) is 0 Å². The molecule has 0 bridgehead atoms. The van der Waals surface area contributed by atoms with E-state index in [1.54, 1.807) is 0 Å². The molecule has 4 nitrogen and oxygen atoms in total. The molecule has 0 heterocycles. The second-order valence-corrected chi connectivity index (χ2v) is 3.76. The van der Waals surface area contributed by atoms with Crippen LogP contribution in [0.2, 0.25) is 0 Å². The summed E-state index contributed by atoms with van der Waals surface area (Å²) >= 11 is 0. The fourth-order valence-corrected chi connectivity index (χ4v) is 1.37. The molecule has 0 spiro atoms. The summed E-state index contributed by atoms with van der Waals surface area (Å²) in [5, 5.41) is 11.2. The van der Waals surface area contributed by atoms with E-state index >= 15 is 0 Å². The third kappa shape index (κ3) is 3.55. The van der Waals surface area contributed by atoms with Crippen molar-refractivity contribution in [2.24, 2.45) is 0 Å². The Balaban J connectivity index is 2.48. The third-order valence-corrected chi connectivity index (χ3v) is 2.56. The molecule has 0 aliphatic rings. The van der Waals surface area contributed by atoms with Crippen LogP contribution in [0, 0.1) is 0 Å². The molecule has 0 saturated heterocycles. The number of nitrogens with one attached hydrogen (secondary N) is 1. The summed E-state index contributed by atoms with van der Waals surface area (Å²) in [5.41, 5.74) is 1.10. The molecule has 16 heavy (non-hydrogen) atoms. The van der Waals surface area contributed by atoms with Crippen LogP contribution in [0.3, 0.4) is 0 Å². The number of nitrogens with zero attached hydrogens (tertiary/aromatic N) is 1. The van der Waals surface area contributed by atoms with Gasteiger partial charge in [0.25, 0.3) is 0 Å². The number of hydrogen-bond donors (Lipinski definition) is 2. The molecule has 0 radical (unpaired) electrons. The Morgan fingerprint density at radius 3 is 2.62 bits per heavy atom. The number of aliphatic hydroxyl groups is 1. The van der Waals surface area contributed by atoms with Crippen molar-refractivity contribution in [2.45, 2.75) is 13.0 Å². The van der Waals surface area contributed by atoms with Crippen LogP contribution in [-0.4, -0.2) is 37.3 Å². The summed E-state index contributed by atoms with van der Waals surface area (Å²) < 4.78 is 0. The second-order valence-electron chi connectivity index (χ2n) is 3.76. The number of hydrogen-bond acceptors (Lipinski definition) is 3. The van der Waals surface area contributed by atoms with Crippen LogP contribution < -0.4 is 10.2 Å². The van der Waals surface area contributed by atoms with Gasteiger partial charge < -0.3 is 15.3 Å². The molecule has 1 aromatic rings. The van der Waals surface area contributed by atoms with E-state index in [1.165, 1.54) is 0 Å². The molecule has 0 aliphatic carbocycles. The van der Waals surface area contributed by atoms with Gasteiger partial charge >= 0.3 is 0 Å². The molecule has 1 aromatic carbocycles. The SMILES string of the molecule is CC(CNC(=O)CO)N(C)c1ccccc1. The van der Waals surface area contributed by atoms with Crippen LogP contribution in [0.5, 0.6) is 0 Å². The Hall–Kier alpha value is -1.55. The number of anilines is 1. The van der Waals surface area contributed by atoms with Crippen molar-refractivity contribution in [1.29, 1.82) is 0 Å². The fraction of sp³-hybridized carbons (Fsp3) is 0.417. The van der Waals surface area contributed by atoms with E-state index in [2.05, 4.69) is 10.2 Å². The first kappa shape index (κ1) is 12.5. The number of aliphatic hydroxyl groups excluding tert-OH is 1. The zero-order valence-corrected chi connectivity index (χ0v) is 9.68. The summed E-state index contributed by atoms with van der Waals surface area (Å²) in [6.45, 7) is 2.08. The molecule has 0 aliphatic heterocycles. The lowest BCUT2D eigenvalue weighted by Crippen LogP contribution is -2.41. The summed E-state index contributed by atoms with van der Waals surface area (Å²) in [4.78, 5) is 13.0. The molecule has 1 amide bonds. The number of likely N-dealkylation sites (N-methyl/N-ethyl adjacent to an activating group) is 1. The van der Waals surface area contributed by atoms with Gasteiger partial charge in [-0.05, 0) is 19.1 Å². The maximum Gasteiger partial charge on any atom is 0.245 e. The topological polar surface area (TPSA) is 52.6 Å². The Bertz CT molecular complexity index is 327. The molecule has 1 unspecified atom stereocenters. The van der Waals surface area contributed by atoms with E-state index in [1.807, 2.05) is 44.3 Å². The average molecular weight is 222 g/mol. The van der Waals surface area contributed by atoms with Crippen LogP contribution in [0.1, 0.15) is 6.92 Å². The minimum atomic E-state index is -0.457. The van der Waals surface area contributed by atoms with Crippen molar-refractivity contribution in [3.8, 4) is 0 Å². The molecule has 0 saturated carbocycles. The average Bonchev–Trinajstić information content (AvgIpc) is 2.35. The van der Waals surface area contributed by atoms with E-state index in [-0.39, 0.29) is 11.9 Å². The highest BCUT2D eigenvalue weighted by Gasteiger charge is 2.10. The summed E-state index contributed by atoms with van der Waals surface area (Å²) in [6, 6.07) is 10.1. The first-order valence-electron chi connectivity index (χ1n) is 5.30. The number of benzene rings is 1. The van der Waals surface area contributed by atoms with E-state index in [0.717, 1.165) is 5.69 Å². The number of rotatable bonds is 5. The van der Waals surface area contributed by atoms with Crippen molar-refractivity contribution in [1.82, 2.24) is 5.32 Å². The van der Waals surface area contributed by atoms with Crippen molar-refractivity contribution in [2.75, 3.05) is 25.1 Å². The highest BCUT2D eigenvalue weighted by molar-refractivity contribution is 5.76. The zero-order valence-electron chi connectivity index (χ0n) is 9.68. The quantitative estimate of drug-likeness (QED) is 0.768. The number of carbonyl (C=O) groups is 1. The number of carbonyl (C=O) groups excluding carboxylic acids is 1. The van der Waals surface area contributed by atoms with Gasteiger partial charge in [0.2, 0.25) is 5.91 Å². The van der Waals surface area contributed by atoms with Gasteiger partial charge in [-0.3, -0.25) is 4.79 Å². The summed E-state index contributed by atoms with van der Waals surface area (Å²) in [5.74, 6) is -0.340. The predicted octanol–water partition coefficient (Wildman–Crippen LogP) is 0.620. The van der Waals surface area contributed by atoms with E-state index in [9.17, 15) is 4.79 Å². The molecular weight excluding hydrogens is 204 g/mol. The van der Waals surface area contributed by atoms with Gasteiger partial charge in [0, 0.05) is 25.3 Å². The van der Waals surface area contributed by atoms with E-state index in [4.69, 9.17) is 5.11 Å². The van der Waals surface area contributed by atoms with E-state index in [0.29, 0.717) is 6.54 Å². The smallest absolute Gasteiger partial charge is 0.245 e. The molecule has 2 N–H and O–H groups in total. The van der Waals surface area contributed by atoms with Gasteiger partial charge in [0.05, 0.1) is 0 Å². The maximum absolute atomic E-state index is 10.9. The summed E-state index contributed by atoms with van der Waals surface area (Å²) in [6.07, 6.45) is 0. The predicted molar refractivity (Wildman–Crippen MR) is 64.4 cm³/mol. The van der Waals surface area contributed by atoms with Crippen LogP contribution in [0.4, 0.5) is 5.69 Å². The summed E-state index contributed by atoms with van der Waals surface area (Å²) in [7, 11) is 1.98. The molecule has 4 heteroatoms. The number of amides is 1. The maximum atomic E-state index is 10.9. The largest absolute Gasteiger partial charge is 0.387 e. The molecule has 1 atom stereocenters. The molecular formula is C12H18N2O2. The van der Waals surface area contributed by atoms with Gasteiger partial charge in [0.1, 0.15) is 6.61 Å². The lowest BCUT2D eigenvalue weighted by Gasteiger charge is -2.27. The first-order chi connectivity index (χ1) is 7.65. The monoisotopic (exact) mass is 222 g/mol. The van der Waals surface area contributed by atoms with Gasteiger partial charge in [-0.1, -0.05) is 18.2 Å². The highest BCUT2D eigenvalue weighted by atomic mass is 16.3. The molecule has 1 rings (SSSR count). The second kappa shape index (κ2) is 6.12. The standard InChI is InChI=1S/C12H18N2O2/c1-10(8-13-12(16)9-15)14(2)11-6-4-3-5-7-11/h3-7,10,15H,8-9H2,1-2H3,(H,13,16). The molecule has 0 aromatic heterocycles. The fourth-order valence-electron chi connectivity index (χ4n) is 1.37. The Morgan fingerprint density at radius 1 is 1.44 bits per heavy atom. The van der Waals surface area contributed by atoms with Gasteiger partial charge in [-0.2, -0.15) is 0 Å². The van der Waals surface area contributed by atoms with Gasteiger partial charge in [0.15, 0.2) is 0 Å². The Kier molecular flexibility index (Phi) is 4.79. The Labute approximate surface area is 95.9 Å². The van der Waals surface area contributed by atoms with Crippen molar-refractivity contribution in [3.05, 3.63) is 30.3 Å². The molecule has 88 valence electrons. The lowest BCUT2D eigenvalue weighted by atomic mass is 10.2. The van der Waals surface area contributed by atoms with E-state index < -0.39 is 6.61 Å². The van der Waals surface area contributed by atoms with Crippen molar-refractivity contribution >= 4 is 11.6 Å². The minimum absolute atomic E-state index is 0.179. The molecule has 0 fully saturated rings. The zero-order chi connectivity index (χ0) is 12.0. The van der Waals surface area contributed by atoms with Gasteiger partial charge in [-0.15, -0.1) is 0 Å². The normalized spacial score (nSPS) is 11.9. The van der Waals surface area contributed by atoms with Crippen LogP contribution in [-0.2, 0) is 4.79 Å². The minimum Gasteiger partial charge on any atom is -0.387 e. The van der Waals surface area contributed by atoms with Crippen LogP contribution >= 0.6 is 0 Å². The van der Waals surface area contributed by atoms with Crippen molar-refractivity contribution < 1.29 is 9.90 Å². The number of para-hydroxylation sites is 1. The highest BCUT2D eigenvalue weighted by Crippen LogP contribution is 2.13. The Morgan fingerprint density at radius 2 is 2.06 bits per heavy atom.